The van der Waals surface area contributed by atoms with Crippen LogP contribution in [0, 0.1) is 0 Å². The molecule has 1 aliphatic heterocycles. The number of piperazine rings is 1. The first-order valence-corrected chi connectivity index (χ1v) is 7.78. The Kier molecular flexibility index (Phi) is 6.43. The van der Waals surface area contributed by atoms with Crippen LogP contribution in [-0.4, -0.2) is 59.2 Å². The highest BCUT2D eigenvalue weighted by molar-refractivity contribution is 5.13. The van der Waals surface area contributed by atoms with Gasteiger partial charge in [-0.05, 0) is 44.4 Å². The zero-order chi connectivity index (χ0) is 14.2. The van der Waals surface area contributed by atoms with E-state index < -0.39 is 0 Å². The Morgan fingerprint density at radius 2 is 2.00 bits per heavy atom. The fourth-order valence-electron chi connectivity index (χ4n) is 2.83. The smallest absolute Gasteiger partial charge is 0.0431 e. The van der Waals surface area contributed by atoms with Crippen molar-refractivity contribution in [3.05, 3.63) is 30.1 Å². The zero-order valence-corrected chi connectivity index (χ0v) is 12.5. The predicted molar refractivity (Wildman–Crippen MR) is 81.6 cm³/mol. The molecule has 1 atom stereocenters. The molecule has 4 nitrogen and oxygen atoms in total. The van der Waals surface area contributed by atoms with Gasteiger partial charge in [-0.3, -0.25) is 9.88 Å². The summed E-state index contributed by atoms with van der Waals surface area (Å²) in [4.78, 5) is 9.30. The molecule has 0 spiro atoms. The second kappa shape index (κ2) is 8.35. The van der Waals surface area contributed by atoms with Gasteiger partial charge in [0, 0.05) is 51.2 Å². The molecule has 1 aromatic rings. The molecule has 0 radical (unpaired) electrons. The minimum Gasteiger partial charge on any atom is -0.396 e. The lowest BCUT2D eigenvalue weighted by Crippen LogP contribution is -2.47. The molecule has 4 heteroatoms. The van der Waals surface area contributed by atoms with E-state index in [9.17, 15) is 0 Å². The van der Waals surface area contributed by atoms with E-state index >= 15 is 0 Å². The Morgan fingerprint density at radius 3 is 2.65 bits per heavy atom. The van der Waals surface area contributed by atoms with Crippen LogP contribution in [0.5, 0.6) is 0 Å². The summed E-state index contributed by atoms with van der Waals surface area (Å²) in [5.41, 5.74) is 1.31. The Bertz CT molecular complexity index is 363. The summed E-state index contributed by atoms with van der Waals surface area (Å²) in [5.74, 6) is 0. The number of aliphatic hydroxyl groups is 1. The van der Waals surface area contributed by atoms with E-state index in [1.807, 2.05) is 18.5 Å². The molecule has 0 saturated carbocycles. The van der Waals surface area contributed by atoms with Gasteiger partial charge in [0.1, 0.15) is 0 Å². The van der Waals surface area contributed by atoms with Crippen molar-refractivity contribution >= 4 is 0 Å². The Labute approximate surface area is 122 Å². The Morgan fingerprint density at radius 1 is 1.20 bits per heavy atom. The molecule has 0 aliphatic carbocycles. The van der Waals surface area contributed by atoms with Crippen LogP contribution in [0.2, 0.25) is 0 Å². The predicted octanol–water partition coefficient (Wildman–Crippen LogP) is 1.92. The highest BCUT2D eigenvalue weighted by Gasteiger charge is 2.21. The fourth-order valence-corrected chi connectivity index (χ4v) is 2.83. The molecule has 20 heavy (non-hydrogen) atoms. The highest BCUT2D eigenvalue weighted by atomic mass is 16.2. The monoisotopic (exact) mass is 277 g/mol. The van der Waals surface area contributed by atoms with Crippen molar-refractivity contribution in [1.29, 1.82) is 0 Å². The normalized spacial score (nSPS) is 19.1. The lowest BCUT2D eigenvalue weighted by Gasteiger charge is -2.38. The third-order valence-corrected chi connectivity index (χ3v) is 4.25. The van der Waals surface area contributed by atoms with Crippen LogP contribution in [0.25, 0.3) is 0 Å². The quantitative estimate of drug-likeness (QED) is 0.773. The van der Waals surface area contributed by atoms with Crippen molar-refractivity contribution in [2.45, 2.75) is 32.2 Å². The first-order valence-electron chi connectivity index (χ1n) is 7.78. The number of unbranched alkanes of at least 4 members (excludes halogenated alkanes) is 2. The van der Waals surface area contributed by atoms with Gasteiger partial charge in [-0.15, -0.1) is 0 Å². The number of pyridine rings is 1. The summed E-state index contributed by atoms with van der Waals surface area (Å²) in [5, 5.41) is 8.78. The number of aromatic nitrogens is 1. The molecule has 1 N–H and O–H groups in total. The van der Waals surface area contributed by atoms with Crippen molar-refractivity contribution < 1.29 is 5.11 Å². The molecule has 1 aromatic heterocycles. The maximum atomic E-state index is 8.78. The first kappa shape index (κ1) is 15.4. The van der Waals surface area contributed by atoms with E-state index in [1.54, 1.807) is 0 Å². The van der Waals surface area contributed by atoms with Crippen LogP contribution in [0.4, 0.5) is 0 Å². The van der Waals surface area contributed by atoms with Crippen molar-refractivity contribution in [3.8, 4) is 0 Å². The van der Waals surface area contributed by atoms with Crippen LogP contribution in [-0.2, 0) is 0 Å². The largest absolute Gasteiger partial charge is 0.396 e. The molecular weight excluding hydrogens is 250 g/mol. The van der Waals surface area contributed by atoms with Gasteiger partial charge in [-0.2, -0.15) is 0 Å². The van der Waals surface area contributed by atoms with E-state index in [4.69, 9.17) is 5.11 Å². The molecule has 1 saturated heterocycles. The Hall–Kier alpha value is -0.970. The average molecular weight is 277 g/mol. The minimum atomic E-state index is 0.330. The number of rotatable bonds is 7. The molecule has 0 bridgehead atoms. The van der Waals surface area contributed by atoms with Gasteiger partial charge < -0.3 is 10.0 Å². The Balaban J connectivity index is 1.71. The third kappa shape index (κ3) is 4.54. The minimum absolute atomic E-state index is 0.330. The van der Waals surface area contributed by atoms with Crippen LogP contribution < -0.4 is 0 Å². The van der Waals surface area contributed by atoms with Gasteiger partial charge in [0.2, 0.25) is 0 Å². The van der Waals surface area contributed by atoms with Crippen molar-refractivity contribution in [2.75, 3.05) is 39.3 Å². The third-order valence-electron chi connectivity index (χ3n) is 4.25. The second-order valence-corrected chi connectivity index (χ2v) is 5.62. The van der Waals surface area contributed by atoms with Crippen LogP contribution in [0.1, 0.15) is 37.8 Å². The van der Waals surface area contributed by atoms with Gasteiger partial charge in [-0.25, -0.2) is 0 Å². The summed E-state index contributed by atoms with van der Waals surface area (Å²) in [6, 6.07) is 4.64. The molecule has 1 aliphatic rings. The van der Waals surface area contributed by atoms with E-state index in [0.717, 1.165) is 39.0 Å². The highest BCUT2D eigenvalue weighted by Crippen LogP contribution is 2.20. The maximum absolute atomic E-state index is 8.78. The van der Waals surface area contributed by atoms with Gasteiger partial charge in [0.05, 0.1) is 0 Å². The molecule has 112 valence electrons. The standard InChI is InChI=1S/C16H27N3O/c1-15(16-6-5-7-17-14-16)19-11-9-18(10-12-19)8-3-2-4-13-20/h5-7,14-15,20H,2-4,8-13H2,1H3/t15-/m1/s1. The summed E-state index contributed by atoms with van der Waals surface area (Å²) < 4.78 is 0. The van der Waals surface area contributed by atoms with Crippen molar-refractivity contribution in [2.24, 2.45) is 0 Å². The van der Waals surface area contributed by atoms with E-state index in [1.165, 1.54) is 18.5 Å². The number of aliphatic hydroxyl groups excluding tert-OH is 1. The summed E-state index contributed by atoms with van der Waals surface area (Å²) in [7, 11) is 0. The average Bonchev–Trinajstić information content (AvgIpc) is 2.52. The number of nitrogens with zero attached hydrogens (tertiary/aromatic N) is 3. The lowest BCUT2D eigenvalue weighted by molar-refractivity contribution is 0.101. The first-order chi connectivity index (χ1) is 9.81. The molecular formula is C16H27N3O. The molecule has 1 fully saturated rings. The van der Waals surface area contributed by atoms with Crippen LogP contribution in [0.3, 0.4) is 0 Å². The zero-order valence-electron chi connectivity index (χ0n) is 12.5. The number of hydrogen-bond donors (Lipinski definition) is 1. The van der Waals surface area contributed by atoms with Crippen molar-refractivity contribution in [3.63, 3.8) is 0 Å². The second-order valence-electron chi connectivity index (χ2n) is 5.62. The van der Waals surface area contributed by atoms with Crippen LogP contribution in [0.15, 0.2) is 24.5 Å². The maximum Gasteiger partial charge on any atom is 0.0431 e. The van der Waals surface area contributed by atoms with E-state index in [-0.39, 0.29) is 0 Å². The van der Waals surface area contributed by atoms with Gasteiger partial charge in [-0.1, -0.05) is 6.07 Å². The molecule has 0 aromatic carbocycles. The molecule has 0 unspecified atom stereocenters. The molecule has 0 amide bonds. The molecule has 2 rings (SSSR count). The topological polar surface area (TPSA) is 39.6 Å². The van der Waals surface area contributed by atoms with Crippen LogP contribution >= 0.6 is 0 Å². The van der Waals surface area contributed by atoms with E-state index in [0.29, 0.717) is 12.6 Å². The summed E-state index contributed by atoms with van der Waals surface area (Å²) in [6.07, 6.45) is 7.10. The SMILES string of the molecule is C[C@H](c1cccnc1)N1CCN(CCCCCO)CC1. The number of hydrogen-bond acceptors (Lipinski definition) is 4. The van der Waals surface area contributed by atoms with Gasteiger partial charge >= 0.3 is 0 Å². The summed E-state index contributed by atoms with van der Waals surface area (Å²) in [6.45, 7) is 8.36. The molecule has 2 heterocycles. The fraction of sp³-hybridized carbons (Fsp3) is 0.688. The van der Waals surface area contributed by atoms with Gasteiger partial charge in [0.15, 0.2) is 0 Å². The summed E-state index contributed by atoms with van der Waals surface area (Å²) >= 11 is 0. The van der Waals surface area contributed by atoms with E-state index in [2.05, 4.69) is 27.8 Å². The van der Waals surface area contributed by atoms with Gasteiger partial charge in [0.25, 0.3) is 0 Å². The van der Waals surface area contributed by atoms with Crippen molar-refractivity contribution in [1.82, 2.24) is 14.8 Å². The lowest BCUT2D eigenvalue weighted by atomic mass is 10.1.